The maximum absolute atomic E-state index is 13.1. The molecule has 0 aliphatic carbocycles. The average molecular weight is 472 g/mol. The third-order valence-electron chi connectivity index (χ3n) is 5.78. The van der Waals surface area contributed by atoms with Crippen LogP contribution in [-0.4, -0.2) is 38.3 Å². The molecule has 1 aliphatic heterocycles. The van der Waals surface area contributed by atoms with Gasteiger partial charge in [0.25, 0.3) is 0 Å². The van der Waals surface area contributed by atoms with Crippen molar-refractivity contribution in [3.05, 3.63) is 63.4 Å². The zero-order valence-corrected chi connectivity index (χ0v) is 19.3. The fourth-order valence-electron chi connectivity index (χ4n) is 4.24. The molecular weight excluding hydrogens is 449 g/mol. The molecule has 1 N–H and O–H groups in total. The summed E-state index contributed by atoms with van der Waals surface area (Å²) >= 11 is 6.27. The third-order valence-corrected chi connectivity index (χ3v) is 6.09. The first-order valence-corrected chi connectivity index (χ1v) is 10.6. The molecular formula is C24H23Cl2N3O3. The monoisotopic (exact) mass is 471 g/mol. The minimum atomic E-state index is -0.229. The zero-order chi connectivity index (χ0) is 21.5. The molecule has 0 bridgehead atoms. The number of aromatic nitrogens is 1. The number of rotatable bonds is 3. The van der Waals surface area contributed by atoms with Crippen LogP contribution in [0.2, 0.25) is 5.02 Å². The highest BCUT2D eigenvalue weighted by atomic mass is 35.5. The van der Waals surface area contributed by atoms with Crippen LogP contribution < -0.4 is 20.4 Å². The fourth-order valence-corrected chi connectivity index (χ4v) is 4.49. The largest absolute Gasteiger partial charge is 0.495 e. The molecule has 166 valence electrons. The van der Waals surface area contributed by atoms with Crippen LogP contribution in [0.1, 0.15) is 5.56 Å². The molecule has 2 aromatic carbocycles. The van der Waals surface area contributed by atoms with Gasteiger partial charge in [-0.3, -0.25) is 4.79 Å². The normalized spacial score (nSPS) is 13.9. The molecule has 2 aromatic heterocycles. The number of nitrogens with one attached hydrogen (secondary N) is 1. The van der Waals surface area contributed by atoms with E-state index in [9.17, 15) is 4.79 Å². The summed E-state index contributed by atoms with van der Waals surface area (Å²) in [7, 11) is 1.68. The highest BCUT2D eigenvalue weighted by molar-refractivity contribution is 6.35. The fraction of sp³-hybridized carbons (Fsp3) is 0.250. The van der Waals surface area contributed by atoms with Gasteiger partial charge in [0, 0.05) is 37.9 Å². The van der Waals surface area contributed by atoms with Crippen LogP contribution in [0.25, 0.3) is 33.2 Å². The van der Waals surface area contributed by atoms with Gasteiger partial charge in [-0.25, -0.2) is 4.98 Å². The van der Waals surface area contributed by atoms with E-state index in [0.717, 1.165) is 54.3 Å². The number of halogens is 2. The van der Waals surface area contributed by atoms with Crippen molar-refractivity contribution in [2.75, 3.05) is 38.2 Å². The summed E-state index contributed by atoms with van der Waals surface area (Å²) in [6, 6.07) is 11.3. The van der Waals surface area contributed by atoms with Gasteiger partial charge in [0.2, 0.25) is 5.43 Å². The Labute approximate surface area is 196 Å². The molecule has 0 saturated carbocycles. The van der Waals surface area contributed by atoms with Crippen molar-refractivity contribution in [1.29, 1.82) is 0 Å². The van der Waals surface area contributed by atoms with Crippen molar-refractivity contribution in [3.8, 4) is 16.9 Å². The number of benzene rings is 2. The summed E-state index contributed by atoms with van der Waals surface area (Å²) < 4.78 is 11.9. The number of piperazine rings is 1. The molecule has 4 aromatic rings. The number of nitrogens with zero attached hydrogens (tertiary/aromatic N) is 2. The topological polar surface area (TPSA) is 67.6 Å². The van der Waals surface area contributed by atoms with Crippen LogP contribution in [0.4, 0.5) is 5.69 Å². The van der Waals surface area contributed by atoms with Gasteiger partial charge in [-0.05, 0) is 42.3 Å². The predicted molar refractivity (Wildman–Crippen MR) is 132 cm³/mol. The Morgan fingerprint density at radius 2 is 1.97 bits per heavy atom. The van der Waals surface area contributed by atoms with E-state index in [-0.39, 0.29) is 23.4 Å². The number of aryl methyl sites for hydroxylation is 1. The lowest BCUT2D eigenvalue weighted by molar-refractivity contribution is 0.413. The smallest absolute Gasteiger partial charge is 0.220 e. The van der Waals surface area contributed by atoms with Crippen molar-refractivity contribution < 1.29 is 9.15 Å². The van der Waals surface area contributed by atoms with Gasteiger partial charge in [-0.15, -0.1) is 12.4 Å². The lowest BCUT2D eigenvalue weighted by Gasteiger charge is -2.30. The zero-order valence-electron chi connectivity index (χ0n) is 17.8. The lowest BCUT2D eigenvalue weighted by Crippen LogP contribution is -2.43. The Morgan fingerprint density at radius 3 is 2.72 bits per heavy atom. The second kappa shape index (κ2) is 8.98. The van der Waals surface area contributed by atoms with Crippen LogP contribution in [-0.2, 0) is 0 Å². The molecule has 0 unspecified atom stereocenters. The van der Waals surface area contributed by atoms with Gasteiger partial charge in [-0.2, -0.15) is 0 Å². The molecule has 0 amide bonds. The van der Waals surface area contributed by atoms with Gasteiger partial charge in [0.15, 0.2) is 11.1 Å². The van der Waals surface area contributed by atoms with E-state index in [2.05, 4.69) is 21.3 Å². The summed E-state index contributed by atoms with van der Waals surface area (Å²) in [4.78, 5) is 19.8. The number of anilines is 1. The number of ether oxygens (including phenoxy) is 1. The first-order valence-electron chi connectivity index (χ1n) is 10.2. The van der Waals surface area contributed by atoms with Crippen molar-refractivity contribution >= 4 is 51.8 Å². The molecule has 0 radical (unpaired) electrons. The molecule has 1 aliphatic rings. The molecule has 8 heteroatoms. The van der Waals surface area contributed by atoms with Gasteiger partial charge in [-0.1, -0.05) is 23.7 Å². The Bertz CT molecular complexity index is 1360. The quantitative estimate of drug-likeness (QED) is 0.432. The van der Waals surface area contributed by atoms with Crippen LogP contribution in [0.3, 0.4) is 0 Å². The van der Waals surface area contributed by atoms with E-state index in [4.69, 9.17) is 20.8 Å². The van der Waals surface area contributed by atoms with Crippen molar-refractivity contribution in [2.24, 2.45) is 0 Å². The molecule has 0 spiro atoms. The van der Waals surface area contributed by atoms with Gasteiger partial charge < -0.3 is 19.4 Å². The Morgan fingerprint density at radius 1 is 1.19 bits per heavy atom. The number of pyridine rings is 1. The molecule has 1 saturated heterocycles. The van der Waals surface area contributed by atoms with Gasteiger partial charge in [0.05, 0.1) is 23.2 Å². The second-order valence-electron chi connectivity index (χ2n) is 7.66. The summed E-state index contributed by atoms with van der Waals surface area (Å²) in [6.07, 6.45) is 1.70. The standard InChI is InChI=1S/C24H22ClN3O3.ClH/c1-14-13-27-22-23(29)21-16(25)4-3-5-18(21)31-24(22)20(14)15-6-7-17(19(12-15)30-2)28-10-8-26-9-11-28;/h3-7,12-13,26H,8-11H2,1-2H3;1H. The third kappa shape index (κ3) is 3.68. The molecule has 0 atom stereocenters. The SMILES string of the molecule is COc1cc(-c2c(C)cnc3c(=O)c4c(Cl)cccc4oc23)ccc1N1CCNCC1.Cl. The predicted octanol–water partition coefficient (Wildman–Crippen LogP) is 4.81. The highest BCUT2D eigenvalue weighted by Crippen LogP contribution is 2.38. The van der Waals surface area contributed by atoms with Gasteiger partial charge in [0.1, 0.15) is 11.3 Å². The molecule has 6 nitrogen and oxygen atoms in total. The Balaban J connectivity index is 0.00000245. The van der Waals surface area contributed by atoms with E-state index in [1.807, 2.05) is 19.1 Å². The van der Waals surface area contributed by atoms with E-state index in [1.54, 1.807) is 31.5 Å². The minimum absolute atomic E-state index is 0. The lowest BCUT2D eigenvalue weighted by atomic mass is 9.99. The van der Waals surface area contributed by atoms with Crippen molar-refractivity contribution in [1.82, 2.24) is 10.3 Å². The summed E-state index contributed by atoms with van der Waals surface area (Å²) in [5.41, 5.74) is 4.65. The second-order valence-corrected chi connectivity index (χ2v) is 8.07. The summed E-state index contributed by atoms with van der Waals surface area (Å²) in [5.74, 6) is 0.787. The Kier molecular flexibility index (Phi) is 6.29. The van der Waals surface area contributed by atoms with Gasteiger partial charge >= 0.3 is 0 Å². The van der Waals surface area contributed by atoms with E-state index in [0.29, 0.717) is 21.6 Å². The maximum atomic E-state index is 13.1. The highest BCUT2D eigenvalue weighted by Gasteiger charge is 2.20. The van der Waals surface area contributed by atoms with Crippen molar-refractivity contribution in [3.63, 3.8) is 0 Å². The summed E-state index contributed by atoms with van der Waals surface area (Å²) in [5, 5.41) is 4.08. The number of methoxy groups -OCH3 is 1. The average Bonchev–Trinajstić information content (AvgIpc) is 2.79. The Hall–Kier alpha value is -2.80. The first-order chi connectivity index (χ1) is 15.1. The minimum Gasteiger partial charge on any atom is -0.495 e. The van der Waals surface area contributed by atoms with E-state index < -0.39 is 0 Å². The maximum Gasteiger partial charge on any atom is 0.220 e. The van der Waals surface area contributed by atoms with Crippen LogP contribution in [0.15, 0.2) is 51.8 Å². The van der Waals surface area contributed by atoms with E-state index in [1.165, 1.54) is 0 Å². The first kappa shape index (κ1) is 22.4. The number of hydrogen-bond acceptors (Lipinski definition) is 6. The van der Waals surface area contributed by atoms with Crippen molar-refractivity contribution in [2.45, 2.75) is 6.92 Å². The van der Waals surface area contributed by atoms with Crippen LogP contribution in [0, 0.1) is 6.92 Å². The number of fused-ring (bicyclic) bond motifs is 2. The molecule has 32 heavy (non-hydrogen) atoms. The number of hydrogen-bond donors (Lipinski definition) is 1. The molecule has 5 rings (SSSR count). The van der Waals surface area contributed by atoms with Crippen LogP contribution in [0.5, 0.6) is 5.75 Å². The molecule has 3 heterocycles. The van der Waals surface area contributed by atoms with Crippen LogP contribution >= 0.6 is 24.0 Å². The van der Waals surface area contributed by atoms with E-state index >= 15 is 0 Å². The molecule has 1 fully saturated rings. The summed E-state index contributed by atoms with van der Waals surface area (Å²) in [6.45, 7) is 5.70.